The molecule has 9 heterocycles. The van der Waals surface area contributed by atoms with E-state index < -0.39 is 23.6 Å². The van der Waals surface area contributed by atoms with Gasteiger partial charge in [-0.15, -0.1) is 17.8 Å². The van der Waals surface area contributed by atoms with Gasteiger partial charge in [0.25, 0.3) is 0 Å². The molecule has 4 aromatic heterocycles. The van der Waals surface area contributed by atoms with Gasteiger partial charge in [0.2, 0.25) is 11.8 Å². The first kappa shape index (κ1) is 52.4. The van der Waals surface area contributed by atoms with Crippen LogP contribution in [0.2, 0.25) is 0 Å². The Labute approximate surface area is 461 Å². The van der Waals surface area contributed by atoms with Gasteiger partial charge in [0.15, 0.2) is 17.4 Å². The Morgan fingerprint density at radius 1 is 0.937 bits per heavy atom. The van der Waals surface area contributed by atoms with E-state index in [1.165, 1.54) is 24.3 Å². The molecular weight excluding hydrogens is 1020 g/mol. The van der Waals surface area contributed by atoms with Crippen LogP contribution in [0.1, 0.15) is 93.8 Å². The van der Waals surface area contributed by atoms with Crippen LogP contribution in [0.15, 0.2) is 70.8 Å². The number of carbonyl (C=O) groups is 2. The van der Waals surface area contributed by atoms with Crippen molar-refractivity contribution in [3.05, 3.63) is 101 Å². The second kappa shape index (κ2) is 21.8. The maximum absolute atomic E-state index is 17.1. The van der Waals surface area contributed by atoms with Gasteiger partial charge in [-0.2, -0.15) is 9.97 Å². The van der Waals surface area contributed by atoms with Crippen LogP contribution < -0.4 is 25.2 Å². The monoisotopic (exact) mass is 1090 g/mol. The van der Waals surface area contributed by atoms with Gasteiger partial charge < -0.3 is 39.7 Å². The highest BCUT2D eigenvalue weighted by atomic mass is 32.1. The number of nitrogens with zero attached hydrogens (tertiary/aromatic N) is 9. The molecule has 5 aliphatic rings. The number of aromatic nitrogens is 5. The third kappa shape index (κ3) is 10.2. The van der Waals surface area contributed by atoms with Crippen LogP contribution in [0.25, 0.3) is 43.4 Å². The second-order valence-corrected chi connectivity index (χ2v) is 23.4. The van der Waals surface area contributed by atoms with E-state index >= 15 is 8.78 Å². The number of piperidine rings is 1. The zero-order chi connectivity index (χ0) is 54.6. The normalized spacial score (nSPS) is 20.7. The molecule has 0 aliphatic carbocycles. The molecule has 7 aromatic rings. The van der Waals surface area contributed by atoms with E-state index in [2.05, 4.69) is 63.5 Å². The topological polar surface area (TPSA) is 178 Å². The lowest BCUT2D eigenvalue weighted by molar-refractivity contribution is -0.141. The number of phenolic OH excluding ortho intramolecular Hbond substituents is 1. The number of pyridine rings is 1. The van der Waals surface area contributed by atoms with Crippen molar-refractivity contribution in [1.82, 2.24) is 45.5 Å². The molecule has 5 aliphatic heterocycles. The number of nitrogens with one attached hydrogen (secondary N) is 2. The number of benzene rings is 3. The molecule has 12 rings (SSSR count). The van der Waals surface area contributed by atoms with Gasteiger partial charge in [-0.25, -0.2) is 13.8 Å². The van der Waals surface area contributed by atoms with Crippen LogP contribution >= 0.6 is 11.3 Å². The largest absolute Gasteiger partial charge is 0.508 e. The fourth-order valence-electron chi connectivity index (χ4n) is 12.8. The molecule has 0 saturated carbocycles. The lowest BCUT2D eigenvalue weighted by Crippen LogP contribution is -2.52. The van der Waals surface area contributed by atoms with Crippen LogP contribution in [0, 0.1) is 48.7 Å². The molecule has 5 atom stereocenters. The van der Waals surface area contributed by atoms with E-state index in [1.807, 2.05) is 51.4 Å². The van der Waals surface area contributed by atoms with Crippen molar-refractivity contribution in [2.45, 2.75) is 96.3 Å². The molecule has 3 unspecified atom stereocenters. The van der Waals surface area contributed by atoms with Gasteiger partial charge in [0, 0.05) is 74.6 Å². The number of halogens is 2. The van der Waals surface area contributed by atoms with Crippen molar-refractivity contribution < 1.29 is 32.7 Å². The number of hydrogen-bond donors (Lipinski definition) is 3. The summed E-state index contributed by atoms with van der Waals surface area (Å²) in [6.45, 7) is 14.3. The van der Waals surface area contributed by atoms with Crippen LogP contribution in [0.3, 0.4) is 0 Å². The number of thiazole rings is 1. The van der Waals surface area contributed by atoms with Crippen LogP contribution in [-0.2, 0) is 9.59 Å². The SMILES string of the molecule is C#Cc1c(F)ccc2cc(O)cc(-c3ncc4c(N5CC6CCC(C5)N6)nc(OCCN5CCC(C6CN(c7cc([C@H](C(=O)N8CCCC8C(=O)N[C@@H](C)c8ccc(-c9scnc9C)cc8)C(C)C)on7)C6)CC5)nc4c3F)c12. The van der Waals surface area contributed by atoms with Gasteiger partial charge in [-0.1, -0.05) is 55.3 Å². The number of likely N-dealkylation sites (tertiary alicyclic amines) is 2. The summed E-state index contributed by atoms with van der Waals surface area (Å²) in [4.78, 5) is 56.3. The number of rotatable bonds is 15. The van der Waals surface area contributed by atoms with E-state index in [0.29, 0.717) is 73.4 Å². The number of amides is 2. The maximum Gasteiger partial charge on any atom is 0.319 e. The summed E-state index contributed by atoms with van der Waals surface area (Å²) in [6.07, 6.45) is 12.8. The summed E-state index contributed by atoms with van der Waals surface area (Å²) in [7, 11) is 0. The smallest absolute Gasteiger partial charge is 0.319 e. The highest BCUT2D eigenvalue weighted by Crippen LogP contribution is 2.41. The van der Waals surface area contributed by atoms with Gasteiger partial charge in [0.1, 0.15) is 47.2 Å². The lowest BCUT2D eigenvalue weighted by Gasteiger charge is -2.46. The van der Waals surface area contributed by atoms with E-state index in [1.54, 1.807) is 22.4 Å². The Kier molecular flexibility index (Phi) is 14.4. The summed E-state index contributed by atoms with van der Waals surface area (Å²) in [6, 6.07) is 15.5. The van der Waals surface area contributed by atoms with E-state index in [0.717, 1.165) is 85.8 Å². The standard InChI is InChI=1S/C60H65F2N11O5S/c1-6-44-47(61)16-13-39-24-43(74)25-45(52(39)44)54-53(62)55-46(27-63-54)57(72-30-41-14-15-42(31-72)66-41)68-60(67-55)77-23-22-70-20-17-37(18-21-70)40-28-71(29-40)50-26-49(78-69-50)51(33(2)3)59(76)73-19-7-8-48(73)58(75)65-34(4)36-9-11-38(12-10-36)56-35(5)64-32-79-56/h1,9-13,16,24-27,32-34,37,40-42,48,51,66,74H,7-8,14-15,17-23,28-31H2,2-5H3,(H,65,75)/t34-,41?,42?,48?,51+/m0/s1. The summed E-state index contributed by atoms with van der Waals surface area (Å²) in [5.74, 6) is 2.82. The highest BCUT2D eigenvalue weighted by molar-refractivity contribution is 7.13. The molecule has 19 heteroatoms. The van der Waals surface area contributed by atoms with Crippen molar-refractivity contribution >= 4 is 56.5 Å². The Bertz CT molecular complexity index is 3470. The summed E-state index contributed by atoms with van der Waals surface area (Å²) >= 11 is 1.61. The quantitative estimate of drug-likeness (QED) is 0.0829. The van der Waals surface area contributed by atoms with Gasteiger partial charge in [-0.3, -0.25) is 19.5 Å². The summed E-state index contributed by atoms with van der Waals surface area (Å²) in [5.41, 5.74) is 4.93. The predicted octanol–water partition coefficient (Wildman–Crippen LogP) is 9.01. The Hall–Kier alpha value is -7.27. The molecule has 5 fully saturated rings. The zero-order valence-corrected chi connectivity index (χ0v) is 45.7. The molecule has 79 heavy (non-hydrogen) atoms. The molecule has 2 bridgehead atoms. The third-order valence-corrected chi connectivity index (χ3v) is 18.1. The molecule has 410 valence electrons. The first-order chi connectivity index (χ1) is 38.3. The van der Waals surface area contributed by atoms with Crippen LogP contribution in [-0.4, -0.2) is 129 Å². The Balaban J connectivity index is 0.657. The number of terminal acetylenes is 1. The van der Waals surface area contributed by atoms with Gasteiger partial charge >= 0.3 is 6.01 Å². The Morgan fingerprint density at radius 2 is 1.71 bits per heavy atom. The van der Waals surface area contributed by atoms with Crippen molar-refractivity contribution in [2.24, 2.45) is 17.8 Å². The first-order valence-electron chi connectivity index (χ1n) is 27.8. The molecular formula is C60H65F2N11O5S. The van der Waals surface area contributed by atoms with Crippen molar-refractivity contribution in [1.29, 1.82) is 0 Å². The van der Waals surface area contributed by atoms with E-state index in [4.69, 9.17) is 20.7 Å². The maximum atomic E-state index is 17.1. The minimum absolute atomic E-state index is 0.0143. The number of aromatic hydroxyl groups is 1. The molecule has 0 spiro atoms. The third-order valence-electron chi connectivity index (χ3n) is 17.2. The van der Waals surface area contributed by atoms with Gasteiger partial charge in [-0.05, 0) is 118 Å². The summed E-state index contributed by atoms with van der Waals surface area (Å²) < 4.78 is 44.4. The minimum atomic E-state index is -0.750. The lowest BCUT2D eigenvalue weighted by atomic mass is 9.79. The fraction of sp³-hybridized carbons (Fsp3) is 0.450. The van der Waals surface area contributed by atoms with Crippen LogP contribution in [0.5, 0.6) is 11.8 Å². The summed E-state index contributed by atoms with van der Waals surface area (Å²) in [5, 5.41) is 23.1. The molecule has 0 radical (unpaired) electrons. The number of aryl methyl sites for hydroxylation is 1. The molecule has 3 aromatic carbocycles. The minimum Gasteiger partial charge on any atom is -0.508 e. The highest BCUT2D eigenvalue weighted by Gasteiger charge is 2.42. The van der Waals surface area contributed by atoms with Crippen molar-refractivity contribution in [2.75, 3.05) is 68.8 Å². The van der Waals surface area contributed by atoms with Crippen LogP contribution in [0.4, 0.5) is 20.4 Å². The number of fused-ring (bicyclic) bond motifs is 4. The molecule has 16 nitrogen and oxygen atoms in total. The second-order valence-electron chi connectivity index (χ2n) is 22.5. The number of phenols is 1. The predicted molar refractivity (Wildman–Crippen MR) is 300 cm³/mol. The van der Waals surface area contributed by atoms with E-state index in [9.17, 15) is 14.7 Å². The van der Waals surface area contributed by atoms with Gasteiger partial charge in [0.05, 0.1) is 33.1 Å². The van der Waals surface area contributed by atoms with Crippen molar-refractivity contribution in [3.63, 3.8) is 0 Å². The zero-order valence-electron chi connectivity index (χ0n) is 44.9. The van der Waals surface area contributed by atoms with E-state index in [-0.39, 0.29) is 75.3 Å². The number of piperazine rings is 1. The average Bonchev–Trinajstić information content (AvgIpc) is 4.33. The Morgan fingerprint density at radius 3 is 2.43 bits per heavy atom. The first-order valence-corrected chi connectivity index (χ1v) is 28.6. The fourth-order valence-corrected chi connectivity index (χ4v) is 13.6. The number of hydrogen-bond acceptors (Lipinski definition) is 15. The average molecular weight is 1090 g/mol. The number of ether oxygens (including phenoxy) is 1. The molecule has 5 saturated heterocycles. The molecule has 3 N–H and O–H groups in total. The molecule has 2 amide bonds. The number of carbonyl (C=O) groups excluding carboxylic acids is 2. The number of anilines is 2. The van der Waals surface area contributed by atoms with Crippen molar-refractivity contribution in [3.8, 4) is 45.8 Å².